The van der Waals surface area contributed by atoms with Crippen LogP contribution in [0.1, 0.15) is 33.1 Å². The van der Waals surface area contributed by atoms with Crippen molar-refractivity contribution in [2.24, 2.45) is 11.8 Å². The van der Waals surface area contributed by atoms with Gasteiger partial charge in [-0.2, -0.15) is 0 Å². The highest BCUT2D eigenvalue weighted by molar-refractivity contribution is 6.05. The van der Waals surface area contributed by atoms with Gasteiger partial charge in [0.2, 0.25) is 23.6 Å². The van der Waals surface area contributed by atoms with Gasteiger partial charge in [-0.25, -0.2) is 0 Å². The van der Waals surface area contributed by atoms with Crippen LogP contribution in [-0.2, 0) is 19.2 Å². The molecule has 1 fully saturated rings. The Morgan fingerprint density at radius 2 is 1.64 bits per heavy atom. The maximum absolute atomic E-state index is 12.5. The molecule has 178 valence electrons. The van der Waals surface area contributed by atoms with E-state index in [-0.39, 0.29) is 55.0 Å². The minimum atomic E-state index is -0.372. The number of likely N-dealkylation sites (tertiary alicyclic amines) is 1. The molecule has 1 saturated heterocycles. The number of amides is 4. The summed E-state index contributed by atoms with van der Waals surface area (Å²) in [5.74, 6) is -0.605. The molecule has 0 radical (unpaired) electrons. The number of carbonyl (C=O) groups excluding carboxylic acids is 4. The van der Waals surface area contributed by atoms with Crippen LogP contribution in [0.5, 0.6) is 11.5 Å². The average molecular weight is 458 g/mol. The third-order valence-corrected chi connectivity index (χ3v) is 5.78. The Kier molecular flexibility index (Phi) is 8.08. The topological polar surface area (TPSA) is 105 Å². The van der Waals surface area contributed by atoms with Gasteiger partial charge in [-0.3, -0.25) is 24.1 Å². The summed E-state index contributed by atoms with van der Waals surface area (Å²) in [6, 6.07) is 5.09. The lowest BCUT2D eigenvalue weighted by atomic mass is 9.85. The monoisotopic (exact) mass is 457 g/mol. The SMILES string of the molecule is CCOc1ccc(NC(=O)CN(C)C(=O)CCN2C(=O)[C@H]3CC=CC[C@H]3C2=O)cc1OCC. The van der Waals surface area contributed by atoms with Gasteiger partial charge in [-0.1, -0.05) is 12.2 Å². The Hall–Kier alpha value is -3.36. The van der Waals surface area contributed by atoms with Gasteiger partial charge in [0.15, 0.2) is 11.5 Å². The number of nitrogens with zero attached hydrogens (tertiary/aromatic N) is 2. The molecule has 33 heavy (non-hydrogen) atoms. The fraction of sp³-hybridized carbons (Fsp3) is 0.500. The lowest BCUT2D eigenvalue weighted by Crippen LogP contribution is -2.38. The molecule has 2 aliphatic rings. The van der Waals surface area contributed by atoms with Crippen molar-refractivity contribution in [3.05, 3.63) is 30.4 Å². The number of benzene rings is 1. The number of nitrogens with one attached hydrogen (secondary N) is 1. The van der Waals surface area contributed by atoms with Crippen molar-refractivity contribution in [2.75, 3.05) is 38.7 Å². The van der Waals surface area contributed by atoms with Gasteiger partial charge in [-0.05, 0) is 38.8 Å². The average Bonchev–Trinajstić information content (AvgIpc) is 3.04. The van der Waals surface area contributed by atoms with Crippen LogP contribution in [0.3, 0.4) is 0 Å². The predicted molar refractivity (Wildman–Crippen MR) is 122 cm³/mol. The third kappa shape index (κ3) is 5.71. The van der Waals surface area contributed by atoms with Crippen molar-refractivity contribution < 1.29 is 28.7 Å². The lowest BCUT2D eigenvalue weighted by Gasteiger charge is -2.19. The Balaban J connectivity index is 1.50. The molecule has 1 aliphatic heterocycles. The van der Waals surface area contributed by atoms with E-state index in [4.69, 9.17) is 9.47 Å². The molecule has 1 N–H and O–H groups in total. The zero-order valence-electron chi connectivity index (χ0n) is 19.3. The quantitative estimate of drug-likeness (QED) is 0.427. The van der Waals surface area contributed by atoms with Crippen molar-refractivity contribution in [3.63, 3.8) is 0 Å². The molecule has 9 heteroatoms. The molecule has 1 heterocycles. The van der Waals surface area contributed by atoms with Gasteiger partial charge in [0.25, 0.3) is 0 Å². The molecule has 0 unspecified atom stereocenters. The first-order valence-electron chi connectivity index (χ1n) is 11.3. The molecule has 0 saturated carbocycles. The molecule has 0 bridgehead atoms. The normalized spacial score (nSPS) is 19.3. The van der Waals surface area contributed by atoms with Crippen molar-refractivity contribution in [3.8, 4) is 11.5 Å². The lowest BCUT2D eigenvalue weighted by molar-refractivity contribution is -0.141. The van der Waals surface area contributed by atoms with E-state index in [2.05, 4.69) is 5.32 Å². The standard InChI is InChI=1S/C24H31N3O6/c1-4-32-19-11-10-16(14-20(19)33-5-2)25-21(28)15-26(3)22(29)12-13-27-23(30)17-8-6-7-9-18(17)24(27)31/h6-7,10-11,14,17-18H,4-5,8-9,12-13,15H2,1-3H3,(H,25,28)/t17-,18+. The molecule has 3 rings (SSSR count). The van der Waals surface area contributed by atoms with Crippen molar-refractivity contribution in [1.29, 1.82) is 0 Å². The smallest absolute Gasteiger partial charge is 0.243 e. The van der Waals surface area contributed by atoms with Gasteiger partial charge >= 0.3 is 0 Å². The zero-order chi connectivity index (χ0) is 24.0. The Labute approximate surface area is 193 Å². The zero-order valence-corrected chi connectivity index (χ0v) is 19.3. The summed E-state index contributed by atoms with van der Waals surface area (Å²) in [7, 11) is 1.52. The molecule has 1 aromatic rings. The van der Waals surface area contributed by atoms with E-state index in [1.165, 1.54) is 16.8 Å². The fourth-order valence-electron chi connectivity index (χ4n) is 4.12. The number of hydrogen-bond donors (Lipinski definition) is 1. The van der Waals surface area contributed by atoms with E-state index >= 15 is 0 Å². The van der Waals surface area contributed by atoms with Crippen molar-refractivity contribution >= 4 is 29.3 Å². The maximum atomic E-state index is 12.5. The number of anilines is 1. The van der Waals surface area contributed by atoms with E-state index in [1.807, 2.05) is 26.0 Å². The fourth-order valence-corrected chi connectivity index (χ4v) is 4.12. The van der Waals surface area contributed by atoms with Crippen LogP contribution < -0.4 is 14.8 Å². The third-order valence-electron chi connectivity index (χ3n) is 5.78. The number of rotatable bonds is 10. The van der Waals surface area contributed by atoms with Crippen LogP contribution in [0.25, 0.3) is 0 Å². The van der Waals surface area contributed by atoms with E-state index in [9.17, 15) is 19.2 Å². The summed E-state index contributed by atoms with van der Waals surface area (Å²) >= 11 is 0. The summed E-state index contributed by atoms with van der Waals surface area (Å²) in [6.45, 7) is 4.55. The van der Waals surface area contributed by atoms with Crippen molar-refractivity contribution in [2.45, 2.75) is 33.1 Å². The number of carbonyl (C=O) groups is 4. The number of allylic oxidation sites excluding steroid dienone is 2. The molecule has 0 aromatic heterocycles. The van der Waals surface area contributed by atoms with Gasteiger partial charge in [-0.15, -0.1) is 0 Å². The Morgan fingerprint density at radius 3 is 2.24 bits per heavy atom. The second kappa shape index (κ2) is 11.0. The Bertz CT molecular complexity index is 918. The van der Waals surface area contributed by atoms with Crippen LogP contribution in [0.4, 0.5) is 5.69 Å². The molecule has 4 amide bonds. The molecule has 2 atom stereocenters. The van der Waals surface area contributed by atoms with Gasteiger partial charge in [0.1, 0.15) is 0 Å². The highest BCUT2D eigenvalue weighted by Crippen LogP contribution is 2.35. The minimum Gasteiger partial charge on any atom is -0.490 e. The molecule has 1 aromatic carbocycles. The number of imide groups is 1. The molecule has 1 aliphatic carbocycles. The maximum Gasteiger partial charge on any atom is 0.243 e. The predicted octanol–water partition coefficient (Wildman–Crippen LogP) is 2.22. The first kappa shape index (κ1) is 24.3. The number of ether oxygens (including phenoxy) is 2. The molecule has 9 nitrogen and oxygen atoms in total. The van der Waals surface area contributed by atoms with E-state index in [1.54, 1.807) is 18.2 Å². The van der Waals surface area contributed by atoms with Crippen LogP contribution >= 0.6 is 0 Å². The van der Waals surface area contributed by atoms with Crippen LogP contribution in [0.2, 0.25) is 0 Å². The number of fused-ring (bicyclic) bond motifs is 1. The number of likely N-dealkylation sites (N-methyl/N-ethyl adjacent to an activating group) is 1. The summed E-state index contributed by atoms with van der Waals surface area (Å²) in [6.07, 6.45) is 4.96. The summed E-state index contributed by atoms with van der Waals surface area (Å²) in [5.41, 5.74) is 0.525. The molecule has 0 spiro atoms. The van der Waals surface area contributed by atoms with Gasteiger partial charge < -0.3 is 19.7 Å². The number of hydrogen-bond acceptors (Lipinski definition) is 6. The van der Waals surface area contributed by atoms with Crippen LogP contribution in [0, 0.1) is 11.8 Å². The summed E-state index contributed by atoms with van der Waals surface area (Å²) in [5, 5.41) is 2.75. The Morgan fingerprint density at radius 1 is 1.03 bits per heavy atom. The van der Waals surface area contributed by atoms with Gasteiger partial charge in [0, 0.05) is 31.8 Å². The summed E-state index contributed by atoms with van der Waals surface area (Å²) < 4.78 is 11.1. The largest absolute Gasteiger partial charge is 0.490 e. The first-order valence-corrected chi connectivity index (χ1v) is 11.3. The van der Waals surface area contributed by atoms with Crippen LogP contribution in [-0.4, -0.2) is 66.8 Å². The first-order chi connectivity index (χ1) is 15.8. The second-order valence-corrected chi connectivity index (χ2v) is 8.06. The summed E-state index contributed by atoms with van der Waals surface area (Å²) in [4.78, 5) is 52.5. The molecular formula is C24H31N3O6. The van der Waals surface area contributed by atoms with E-state index in [0.717, 1.165) is 0 Å². The highest BCUT2D eigenvalue weighted by atomic mass is 16.5. The van der Waals surface area contributed by atoms with Crippen molar-refractivity contribution in [1.82, 2.24) is 9.80 Å². The van der Waals surface area contributed by atoms with Crippen LogP contribution in [0.15, 0.2) is 30.4 Å². The van der Waals surface area contributed by atoms with Gasteiger partial charge in [0.05, 0.1) is 31.6 Å². The molecular weight excluding hydrogens is 426 g/mol. The minimum absolute atomic E-state index is 0.0222. The highest BCUT2D eigenvalue weighted by Gasteiger charge is 2.46. The van der Waals surface area contributed by atoms with E-state index in [0.29, 0.717) is 43.2 Å². The van der Waals surface area contributed by atoms with E-state index < -0.39 is 0 Å². The second-order valence-electron chi connectivity index (χ2n) is 8.06.